The first-order valence-electron chi connectivity index (χ1n) is 10.3. The number of nitrogens with one attached hydrogen (secondary N) is 3. The molecule has 3 aromatic rings. The third kappa shape index (κ3) is 5.24. The van der Waals surface area contributed by atoms with Gasteiger partial charge in [-0.3, -0.25) is 24.0 Å². The Morgan fingerprint density at radius 3 is 2.27 bits per heavy atom. The molecule has 10 nitrogen and oxygen atoms in total. The van der Waals surface area contributed by atoms with Gasteiger partial charge in [-0.25, -0.2) is 4.79 Å². The Labute approximate surface area is 189 Å². The second-order valence-electron chi connectivity index (χ2n) is 7.37. The lowest BCUT2D eigenvalue weighted by Gasteiger charge is -2.18. The van der Waals surface area contributed by atoms with Crippen molar-refractivity contribution in [2.75, 3.05) is 23.7 Å². The van der Waals surface area contributed by atoms with E-state index in [2.05, 4.69) is 21.0 Å². The van der Waals surface area contributed by atoms with Crippen LogP contribution in [0.15, 0.2) is 73.1 Å². The van der Waals surface area contributed by atoms with Crippen LogP contribution in [-0.2, 0) is 14.4 Å². The van der Waals surface area contributed by atoms with Gasteiger partial charge < -0.3 is 16.0 Å². The number of anilines is 2. The Morgan fingerprint density at radius 2 is 1.67 bits per heavy atom. The topological polar surface area (TPSA) is 125 Å². The molecule has 2 aromatic carbocycles. The molecule has 3 N–H and O–H groups in total. The second kappa shape index (κ2) is 9.77. The number of hydrogen-bond acceptors (Lipinski definition) is 5. The van der Waals surface area contributed by atoms with E-state index in [9.17, 15) is 19.2 Å². The zero-order chi connectivity index (χ0) is 23.2. The summed E-state index contributed by atoms with van der Waals surface area (Å²) in [5.74, 6) is -0.936. The largest absolute Gasteiger partial charge is 0.329 e. The number of urea groups is 1. The van der Waals surface area contributed by atoms with Crippen molar-refractivity contribution < 1.29 is 19.2 Å². The van der Waals surface area contributed by atoms with Crippen molar-refractivity contribution in [2.24, 2.45) is 0 Å². The fraction of sp³-hybridized carbons (Fsp3) is 0.174. The van der Waals surface area contributed by atoms with Gasteiger partial charge >= 0.3 is 6.03 Å². The molecule has 0 aliphatic carbocycles. The summed E-state index contributed by atoms with van der Waals surface area (Å²) >= 11 is 0. The van der Waals surface area contributed by atoms with Gasteiger partial charge in [0.05, 0.1) is 6.54 Å². The van der Waals surface area contributed by atoms with Gasteiger partial charge in [-0.2, -0.15) is 5.10 Å². The smallest absolute Gasteiger partial charge is 0.324 e. The second-order valence-corrected chi connectivity index (χ2v) is 7.37. The minimum atomic E-state index is -0.633. The summed E-state index contributed by atoms with van der Waals surface area (Å²) in [4.78, 5) is 49.3. The van der Waals surface area contributed by atoms with Crippen LogP contribution in [-0.4, -0.2) is 51.5 Å². The van der Waals surface area contributed by atoms with Crippen molar-refractivity contribution >= 4 is 35.1 Å². The molecule has 168 valence electrons. The molecule has 0 spiro atoms. The third-order valence-electron chi connectivity index (χ3n) is 5.09. The maximum absolute atomic E-state index is 13.0. The number of carbonyl (C=O) groups excluding carboxylic acids is 4. The van der Waals surface area contributed by atoms with E-state index in [4.69, 9.17) is 0 Å². The molecule has 4 rings (SSSR count). The van der Waals surface area contributed by atoms with Crippen molar-refractivity contribution in [2.45, 2.75) is 12.5 Å². The monoisotopic (exact) mass is 446 g/mol. The van der Waals surface area contributed by atoms with Crippen molar-refractivity contribution in [1.82, 2.24) is 20.0 Å². The van der Waals surface area contributed by atoms with Gasteiger partial charge in [-0.15, -0.1) is 0 Å². The van der Waals surface area contributed by atoms with E-state index in [1.807, 2.05) is 30.3 Å². The van der Waals surface area contributed by atoms with Gasteiger partial charge in [0.2, 0.25) is 11.8 Å². The van der Waals surface area contributed by atoms with Crippen LogP contribution in [0.4, 0.5) is 16.2 Å². The summed E-state index contributed by atoms with van der Waals surface area (Å²) in [6.45, 7) is -0.0297. The van der Waals surface area contributed by atoms with E-state index in [0.717, 1.165) is 10.5 Å². The summed E-state index contributed by atoms with van der Waals surface area (Å²) in [5.41, 5.74) is 1.89. The summed E-state index contributed by atoms with van der Waals surface area (Å²) in [5, 5.41) is 12.2. The Kier molecular flexibility index (Phi) is 6.44. The molecule has 1 aliphatic rings. The molecule has 1 atom stereocenters. The summed E-state index contributed by atoms with van der Waals surface area (Å²) in [6.07, 6.45) is 3.34. The van der Waals surface area contributed by atoms with Crippen LogP contribution >= 0.6 is 0 Å². The lowest BCUT2D eigenvalue weighted by atomic mass is 10.1. The van der Waals surface area contributed by atoms with E-state index in [-0.39, 0.29) is 37.2 Å². The predicted molar refractivity (Wildman–Crippen MR) is 120 cm³/mol. The molecule has 2 heterocycles. The van der Waals surface area contributed by atoms with Crippen molar-refractivity contribution in [3.05, 3.63) is 78.6 Å². The van der Waals surface area contributed by atoms with Crippen LogP contribution in [0.3, 0.4) is 0 Å². The highest BCUT2D eigenvalue weighted by molar-refractivity contribution is 6.02. The van der Waals surface area contributed by atoms with E-state index < -0.39 is 12.1 Å². The van der Waals surface area contributed by atoms with Crippen molar-refractivity contribution in [3.63, 3.8) is 0 Å². The SMILES string of the molecule is O=C(CCN1C(=O)CNC1=O)Nc1ccc(NC(=O)C(c2ccccc2)n2cccn2)cc1. The quantitative estimate of drug-likeness (QED) is 0.457. The van der Waals surface area contributed by atoms with Crippen LogP contribution < -0.4 is 16.0 Å². The Bertz CT molecular complexity index is 1130. The fourth-order valence-electron chi connectivity index (χ4n) is 3.46. The van der Waals surface area contributed by atoms with Crippen molar-refractivity contribution in [3.8, 4) is 0 Å². The van der Waals surface area contributed by atoms with Crippen molar-refractivity contribution in [1.29, 1.82) is 0 Å². The molecule has 5 amide bonds. The Balaban J connectivity index is 1.35. The summed E-state index contributed by atoms with van der Waals surface area (Å²) < 4.78 is 1.59. The highest BCUT2D eigenvalue weighted by Crippen LogP contribution is 2.21. The summed E-state index contributed by atoms with van der Waals surface area (Å²) in [6, 6.07) is 16.6. The number of nitrogens with zero attached hydrogens (tertiary/aromatic N) is 3. The Morgan fingerprint density at radius 1 is 0.970 bits per heavy atom. The molecule has 0 bridgehead atoms. The average molecular weight is 446 g/mol. The maximum atomic E-state index is 13.0. The number of benzene rings is 2. The molecule has 0 saturated carbocycles. The number of carbonyl (C=O) groups is 4. The average Bonchev–Trinajstić information content (AvgIpc) is 3.45. The minimum absolute atomic E-state index is 0.0128. The van der Waals surface area contributed by atoms with Crippen LogP contribution in [0.5, 0.6) is 0 Å². The zero-order valence-electron chi connectivity index (χ0n) is 17.6. The van der Waals surface area contributed by atoms with Crippen LogP contribution in [0.1, 0.15) is 18.0 Å². The standard InChI is InChI=1S/C23H22N6O4/c30-19(11-14-28-20(31)15-24-23(28)33)26-17-7-9-18(10-8-17)27-22(32)21(29-13-4-12-25-29)16-5-2-1-3-6-16/h1-10,12-13,21H,11,14-15H2,(H,24,33)(H,26,30)(H,27,32). The van der Waals surface area contributed by atoms with Gasteiger partial charge in [0, 0.05) is 36.7 Å². The van der Waals surface area contributed by atoms with Gasteiger partial charge in [-0.05, 0) is 35.9 Å². The lowest BCUT2D eigenvalue weighted by Crippen LogP contribution is -2.33. The van der Waals surface area contributed by atoms with Crippen LogP contribution in [0.2, 0.25) is 0 Å². The molecular formula is C23H22N6O4. The molecule has 1 aromatic heterocycles. The Hall–Kier alpha value is -4.47. The normalized spacial score (nSPS) is 14.0. The van der Waals surface area contributed by atoms with Gasteiger partial charge in [0.15, 0.2) is 6.04 Å². The van der Waals surface area contributed by atoms with Crippen LogP contribution in [0, 0.1) is 0 Å². The molecule has 1 aliphatic heterocycles. The first kappa shape index (κ1) is 21.8. The fourth-order valence-corrected chi connectivity index (χ4v) is 3.46. The molecule has 0 radical (unpaired) electrons. The predicted octanol–water partition coefficient (Wildman–Crippen LogP) is 1.99. The van der Waals surface area contributed by atoms with E-state index >= 15 is 0 Å². The lowest BCUT2D eigenvalue weighted by molar-refractivity contribution is -0.125. The molecule has 1 unspecified atom stereocenters. The number of rotatable bonds is 8. The summed E-state index contributed by atoms with van der Waals surface area (Å²) in [7, 11) is 0. The van der Waals surface area contributed by atoms with E-state index in [1.54, 1.807) is 47.4 Å². The zero-order valence-corrected chi connectivity index (χ0v) is 17.6. The van der Waals surface area contributed by atoms with Gasteiger partial charge in [0.1, 0.15) is 0 Å². The van der Waals surface area contributed by atoms with Gasteiger partial charge in [0.25, 0.3) is 5.91 Å². The molecular weight excluding hydrogens is 424 g/mol. The third-order valence-corrected chi connectivity index (χ3v) is 5.09. The minimum Gasteiger partial charge on any atom is -0.329 e. The van der Waals surface area contributed by atoms with Crippen LogP contribution in [0.25, 0.3) is 0 Å². The number of aromatic nitrogens is 2. The molecule has 1 saturated heterocycles. The first-order chi connectivity index (χ1) is 16.0. The molecule has 33 heavy (non-hydrogen) atoms. The highest BCUT2D eigenvalue weighted by Gasteiger charge is 2.28. The maximum Gasteiger partial charge on any atom is 0.324 e. The van der Waals surface area contributed by atoms with E-state index in [1.165, 1.54) is 0 Å². The highest BCUT2D eigenvalue weighted by atomic mass is 16.2. The number of hydrogen-bond donors (Lipinski definition) is 3. The van der Waals surface area contributed by atoms with Gasteiger partial charge in [-0.1, -0.05) is 30.3 Å². The number of imide groups is 1. The molecule has 1 fully saturated rings. The van der Waals surface area contributed by atoms with E-state index in [0.29, 0.717) is 11.4 Å². The number of amides is 5. The molecule has 10 heteroatoms. The first-order valence-corrected chi connectivity index (χ1v) is 10.3.